The molecule has 1 amide bonds. The van der Waals surface area contributed by atoms with E-state index in [0.717, 1.165) is 89.9 Å². The fourth-order valence-corrected chi connectivity index (χ4v) is 14.2. The van der Waals surface area contributed by atoms with E-state index >= 15 is 0 Å². The van der Waals surface area contributed by atoms with Gasteiger partial charge in [-0.25, -0.2) is 0 Å². The third kappa shape index (κ3) is 46.8. The lowest BCUT2D eigenvalue weighted by molar-refractivity contribution is -0.379. The summed E-state index contributed by atoms with van der Waals surface area (Å²) < 4.78 is 34.5. The van der Waals surface area contributed by atoms with Gasteiger partial charge in [0.05, 0.1) is 38.6 Å². The minimum atomic E-state index is -1.99. The average molecular weight is 1530 g/mol. The molecule has 3 fully saturated rings. The van der Waals surface area contributed by atoms with Crippen molar-refractivity contribution in [3.05, 3.63) is 97.2 Å². The van der Waals surface area contributed by atoms with Crippen LogP contribution in [0.3, 0.4) is 0 Å². The van der Waals surface area contributed by atoms with Crippen LogP contribution in [0.1, 0.15) is 328 Å². The first-order valence-electron chi connectivity index (χ1n) is 43.5. The second-order valence-corrected chi connectivity index (χ2v) is 30.6. The molecular formula is C89H157NO18. The molecule has 3 aliphatic rings. The van der Waals surface area contributed by atoms with Gasteiger partial charge in [0.15, 0.2) is 18.9 Å². The van der Waals surface area contributed by atoms with Crippen LogP contribution in [0.5, 0.6) is 0 Å². The molecule has 0 spiro atoms. The van der Waals surface area contributed by atoms with Crippen LogP contribution in [-0.2, 0) is 33.2 Å². The topological polar surface area (TPSA) is 307 Å². The summed E-state index contributed by atoms with van der Waals surface area (Å²) in [5.74, 6) is -0.288. The summed E-state index contributed by atoms with van der Waals surface area (Å²) in [5, 5.41) is 121. The lowest BCUT2D eigenvalue weighted by atomic mass is 9.96. The van der Waals surface area contributed by atoms with Crippen molar-refractivity contribution in [1.82, 2.24) is 5.32 Å². The van der Waals surface area contributed by atoms with E-state index in [1.165, 1.54) is 205 Å². The highest BCUT2D eigenvalue weighted by molar-refractivity contribution is 5.76. The summed E-state index contributed by atoms with van der Waals surface area (Å²) in [6, 6.07) is -0.999. The minimum absolute atomic E-state index is 0.228. The standard InChI is InChI=1S/C89H157NO18/c1-3-5-7-9-11-13-15-17-19-21-23-25-27-29-31-33-35-37-38-40-42-44-46-48-50-52-54-56-58-60-62-64-66-73(94)72(90-77(95)67-65-63-61-59-57-55-53-51-49-47-45-43-41-39-36-34-32-30-28-26-24-22-20-18-16-14-12-10-8-6-4-2)71-103-87-83(101)80(98)85(75(69-92)105-87)108-89-84(102)81(99)86(76(70-93)106-89)107-88-82(100)79(97)78(96)74(68-91)104-88/h6,8,12,14,18,20,24,26,30,32,36,39,56,58,64,66,72-76,78-89,91-94,96-102H,3-5,7,9-11,13,15-17,19,21-23,25,27-29,31,33-35,37-38,40-55,57,59-63,65,67-71H2,1-2H3,(H,90,95)/b8-6-,14-12-,20-18-,26-24-,32-30-,39-36-,58-56+,66-64+. The summed E-state index contributed by atoms with van der Waals surface area (Å²) in [7, 11) is 0. The van der Waals surface area contributed by atoms with Crippen molar-refractivity contribution >= 4 is 5.91 Å². The largest absolute Gasteiger partial charge is 0.394 e. The van der Waals surface area contributed by atoms with E-state index < -0.39 is 124 Å². The Labute approximate surface area is 653 Å². The molecule has 3 aliphatic heterocycles. The number of rotatable bonds is 69. The van der Waals surface area contributed by atoms with Crippen LogP contribution in [0.2, 0.25) is 0 Å². The number of hydrogen-bond acceptors (Lipinski definition) is 18. The van der Waals surface area contributed by atoms with Crippen molar-refractivity contribution < 1.29 is 89.4 Å². The SMILES string of the molecule is CC/C=C\C/C=C\C/C=C\C/C=C\C/C=C\C/C=C\CCCCCCCCCCCCCCC(=O)NC(COC1OC(CO)C(OC2OC(CO)C(OC3OC(CO)C(O)C(O)C3O)C(O)C2O)C(O)C1O)C(O)/C=C/CC/C=C/CCCCCCCCCCCCCCCCCCCCCCCCCCCC. The van der Waals surface area contributed by atoms with Gasteiger partial charge in [-0.05, 0) is 83.5 Å². The number of allylic oxidation sites excluding steroid dienone is 15. The van der Waals surface area contributed by atoms with E-state index in [1.807, 2.05) is 6.08 Å². The zero-order valence-corrected chi connectivity index (χ0v) is 67.3. The maximum atomic E-state index is 13.5. The molecule has 0 bridgehead atoms. The zero-order chi connectivity index (χ0) is 78.1. The Morgan fingerprint density at radius 2 is 0.648 bits per heavy atom. The van der Waals surface area contributed by atoms with E-state index in [4.69, 9.17) is 28.4 Å². The number of aliphatic hydroxyl groups is 11. The zero-order valence-electron chi connectivity index (χ0n) is 67.3. The number of carbonyl (C=O) groups excluding carboxylic acids is 1. The Kier molecular flexibility index (Phi) is 62.4. The van der Waals surface area contributed by atoms with E-state index in [0.29, 0.717) is 12.8 Å². The van der Waals surface area contributed by atoms with Gasteiger partial charge in [-0.1, -0.05) is 336 Å². The van der Waals surface area contributed by atoms with Crippen LogP contribution in [0.4, 0.5) is 0 Å². The summed E-state index contributed by atoms with van der Waals surface area (Å²) in [6.07, 6.45) is 66.9. The van der Waals surface area contributed by atoms with Gasteiger partial charge in [0, 0.05) is 6.42 Å². The second kappa shape index (κ2) is 68.1. The summed E-state index contributed by atoms with van der Waals surface area (Å²) in [6.45, 7) is 1.64. The number of amides is 1. The second-order valence-electron chi connectivity index (χ2n) is 30.6. The Hall–Kier alpha value is -3.29. The fourth-order valence-electron chi connectivity index (χ4n) is 14.2. The minimum Gasteiger partial charge on any atom is -0.394 e. The summed E-state index contributed by atoms with van der Waals surface area (Å²) in [5.41, 5.74) is 0. The van der Waals surface area contributed by atoms with Crippen molar-refractivity contribution in [1.29, 1.82) is 0 Å². The highest BCUT2D eigenvalue weighted by atomic mass is 16.8. The smallest absolute Gasteiger partial charge is 0.220 e. The molecular weight excluding hydrogens is 1370 g/mol. The van der Waals surface area contributed by atoms with E-state index in [2.05, 4.69) is 104 Å². The van der Waals surface area contributed by atoms with Gasteiger partial charge in [0.2, 0.25) is 5.91 Å². The fraction of sp³-hybridized carbons (Fsp3) is 0.809. The molecule has 3 heterocycles. The quantitative estimate of drug-likeness (QED) is 0.0199. The number of unbranched alkanes of at least 4 members (excludes halogenated alkanes) is 39. The molecule has 626 valence electrons. The molecule has 17 atom stereocenters. The van der Waals surface area contributed by atoms with Crippen LogP contribution in [-0.4, -0.2) is 193 Å². The van der Waals surface area contributed by atoms with Crippen LogP contribution < -0.4 is 5.32 Å². The summed E-state index contributed by atoms with van der Waals surface area (Å²) in [4.78, 5) is 13.5. The molecule has 3 rings (SSSR count). The van der Waals surface area contributed by atoms with Crippen molar-refractivity contribution in [2.75, 3.05) is 26.4 Å². The van der Waals surface area contributed by atoms with E-state index in [-0.39, 0.29) is 18.9 Å². The third-order valence-corrected chi connectivity index (χ3v) is 21.1. The van der Waals surface area contributed by atoms with Gasteiger partial charge < -0.3 is 89.9 Å². The van der Waals surface area contributed by atoms with Crippen molar-refractivity contribution in [3.8, 4) is 0 Å². The maximum Gasteiger partial charge on any atom is 0.220 e. The van der Waals surface area contributed by atoms with Gasteiger partial charge in [0.25, 0.3) is 0 Å². The first kappa shape index (κ1) is 98.9. The maximum absolute atomic E-state index is 13.5. The lowest BCUT2D eigenvalue weighted by Gasteiger charge is -2.48. The first-order valence-corrected chi connectivity index (χ1v) is 43.5. The van der Waals surface area contributed by atoms with Crippen LogP contribution in [0.25, 0.3) is 0 Å². The normalized spacial score (nSPS) is 25.9. The molecule has 3 saturated heterocycles. The molecule has 12 N–H and O–H groups in total. The van der Waals surface area contributed by atoms with Crippen LogP contribution >= 0.6 is 0 Å². The molecule has 0 aromatic heterocycles. The monoisotopic (exact) mass is 1530 g/mol. The highest BCUT2D eigenvalue weighted by Gasteiger charge is 2.54. The van der Waals surface area contributed by atoms with Crippen molar-refractivity contribution in [2.45, 2.75) is 433 Å². The predicted molar refractivity (Wildman–Crippen MR) is 434 cm³/mol. The van der Waals surface area contributed by atoms with Gasteiger partial charge >= 0.3 is 0 Å². The van der Waals surface area contributed by atoms with Crippen LogP contribution in [0.15, 0.2) is 97.2 Å². The Morgan fingerprint density at radius 1 is 0.343 bits per heavy atom. The molecule has 17 unspecified atom stereocenters. The molecule has 0 aromatic rings. The first-order chi connectivity index (χ1) is 52.8. The van der Waals surface area contributed by atoms with Gasteiger partial charge in [-0.3, -0.25) is 4.79 Å². The molecule has 0 aliphatic carbocycles. The Bertz CT molecular complexity index is 2330. The van der Waals surface area contributed by atoms with Gasteiger partial charge in [0.1, 0.15) is 73.2 Å². The molecule has 19 heteroatoms. The van der Waals surface area contributed by atoms with Crippen molar-refractivity contribution in [3.63, 3.8) is 0 Å². The Morgan fingerprint density at radius 3 is 1.04 bits per heavy atom. The number of ether oxygens (including phenoxy) is 6. The predicted octanol–water partition coefficient (Wildman–Crippen LogP) is 15.9. The molecule has 0 radical (unpaired) electrons. The van der Waals surface area contributed by atoms with E-state index in [9.17, 15) is 61.0 Å². The molecule has 108 heavy (non-hydrogen) atoms. The number of hydrogen-bond donors (Lipinski definition) is 12. The molecule has 19 nitrogen and oxygen atoms in total. The number of nitrogens with one attached hydrogen (secondary N) is 1. The van der Waals surface area contributed by atoms with Gasteiger partial charge in [-0.15, -0.1) is 0 Å². The number of carbonyl (C=O) groups is 1. The molecule has 0 saturated carbocycles. The van der Waals surface area contributed by atoms with Gasteiger partial charge in [-0.2, -0.15) is 0 Å². The third-order valence-electron chi connectivity index (χ3n) is 21.1. The van der Waals surface area contributed by atoms with E-state index in [1.54, 1.807) is 6.08 Å². The van der Waals surface area contributed by atoms with Crippen molar-refractivity contribution in [2.24, 2.45) is 0 Å². The molecule has 0 aromatic carbocycles. The lowest BCUT2D eigenvalue weighted by Crippen LogP contribution is -2.66. The Balaban J connectivity index is 1.36. The van der Waals surface area contributed by atoms with Crippen LogP contribution in [0, 0.1) is 0 Å². The summed E-state index contributed by atoms with van der Waals surface area (Å²) >= 11 is 0. The highest BCUT2D eigenvalue weighted by Crippen LogP contribution is 2.33. The average Bonchev–Trinajstić information content (AvgIpc) is 0.779. The number of aliphatic hydroxyl groups excluding tert-OH is 11.